The highest BCUT2D eigenvalue weighted by Crippen LogP contribution is 2.35. The van der Waals surface area contributed by atoms with Crippen molar-refractivity contribution in [1.29, 1.82) is 5.26 Å². The van der Waals surface area contributed by atoms with Crippen LogP contribution in [0.3, 0.4) is 0 Å². The normalized spacial score (nSPS) is 20.3. The van der Waals surface area contributed by atoms with E-state index in [9.17, 15) is 9.59 Å². The zero-order valence-corrected chi connectivity index (χ0v) is 13.1. The summed E-state index contributed by atoms with van der Waals surface area (Å²) in [5.74, 6) is 0.0618. The van der Waals surface area contributed by atoms with Gasteiger partial charge < -0.3 is 14.5 Å². The van der Waals surface area contributed by atoms with Gasteiger partial charge in [0.15, 0.2) is 0 Å². The van der Waals surface area contributed by atoms with Crippen molar-refractivity contribution < 1.29 is 14.3 Å². The number of anilines is 1. The van der Waals surface area contributed by atoms with Crippen molar-refractivity contribution in [2.24, 2.45) is 5.92 Å². The van der Waals surface area contributed by atoms with Crippen LogP contribution in [0, 0.1) is 17.2 Å². The highest BCUT2D eigenvalue weighted by molar-refractivity contribution is 6.01. The molecule has 1 aromatic carbocycles. The van der Waals surface area contributed by atoms with Crippen molar-refractivity contribution in [3.63, 3.8) is 0 Å². The molecule has 2 amide bonds. The van der Waals surface area contributed by atoms with Gasteiger partial charge in [-0.1, -0.05) is 12.1 Å². The van der Waals surface area contributed by atoms with Gasteiger partial charge in [0.25, 0.3) is 0 Å². The van der Waals surface area contributed by atoms with Crippen molar-refractivity contribution in [3.8, 4) is 11.8 Å². The number of carbonyl (C=O) groups is 2. The van der Waals surface area contributed by atoms with Crippen LogP contribution in [0.5, 0.6) is 5.75 Å². The van der Waals surface area contributed by atoms with Crippen LogP contribution in [0.1, 0.15) is 19.3 Å². The molecule has 3 rings (SSSR count). The quantitative estimate of drug-likeness (QED) is 0.773. The fourth-order valence-corrected chi connectivity index (χ4v) is 3.04. The Kier molecular flexibility index (Phi) is 4.20. The Hall–Kier alpha value is -2.55. The molecule has 1 heterocycles. The van der Waals surface area contributed by atoms with Crippen molar-refractivity contribution in [3.05, 3.63) is 24.3 Å². The monoisotopic (exact) mass is 313 g/mol. The molecule has 6 nitrogen and oxygen atoms in total. The second-order valence-electron chi connectivity index (χ2n) is 5.93. The van der Waals surface area contributed by atoms with E-state index in [0.717, 1.165) is 12.8 Å². The van der Waals surface area contributed by atoms with Gasteiger partial charge in [-0.2, -0.15) is 5.26 Å². The number of rotatable bonds is 5. The summed E-state index contributed by atoms with van der Waals surface area (Å²) < 4.78 is 5.30. The Morgan fingerprint density at radius 1 is 1.43 bits per heavy atom. The van der Waals surface area contributed by atoms with Crippen molar-refractivity contribution in [2.45, 2.75) is 25.3 Å². The van der Waals surface area contributed by atoms with Gasteiger partial charge in [-0.05, 0) is 25.0 Å². The number of methoxy groups -OCH3 is 1. The van der Waals surface area contributed by atoms with E-state index in [4.69, 9.17) is 10.00 Å². The molecule has 120 valence electrons. The number of para-hydroxylation sites is 2. The smallest absolute Gasteiger partial charge is 0.229 e. The topological polar surface area (TPSA) is 73.6 Å². The van der Waals surface area contributed by atoms with E-state index in [1.54, 1.807) is 23.0 Å². The highest BCUT2D eigenvalue weighted by Gasteiger charge is 2.41. The molecular formula is C17H19N3O3. The number of carbonyl (C=O) groups excluding carboxylic acids is 2. The molecule has 1 aromatic rings. The third kappa shape index (κ3) is 3.00. The average molecular weight is 313 g/mol. The van der Waals surface area contributed by atoms with E-state index in [1.165, 1.54) is 0 Å². The maximum atomic E-state index is 12.7. The van der Waals surface area contributed by atoms with Crippen LogP contribution < -0.4 is 9.64 Å². The molecule has 1 atom stereocenters. The number of nitriles is 1. The summed E-state index contributed by atoms with van der Waals surface area (Å²) in [4.78, 5) is 28.3. The molecule has 1 saturated carbocycles. The van der Waals surface area contributed by atoms with Crippen LogP contribution in [0.25, 0.3) is 0 Å². The summed E-state index contributed by atoms with van der Waals surface area (Å²) in [5.41, 5.74) is 0.688. The number of ether oxygens (including phenoxy) is 1. The Morgan fingerprint density at radius 3 is 2.83 bits per heavy atom. The summed E-state index contributed by atoms with van der Waals surface area (Å²) in [5, 5.41) is 8.92. The van der Waals surface area contributed by atoms with E-state index in [2.05, 4.69) is 6.07 Å². The standard InChI is InChI=1S/C17H19N3O3/c1-23-15-5-3-2-4-14(15)20-11-12(10-16(20)21)17(22)19(9-8-18)13-6-7-13/h2-5,12-13H,6-7,9-11H2,1H3/t12-/m0/s1. The molecule has 0 aromatic heterocycles. The van der Waals surface area contributed by atoms with Crippen LogP contribution in [0.15, 0.2) is 24.3 Å². The number of nitrogens with zero attached hydrogens (tertiary/aromatic N) is 3. The maximum Gasteiger partial charge on any atom is 0.229 e. The van der Waals surface area contributed by atoms with Crippen LogP contribution >= 0.6 is 0 Å². The van der Waals surface area contributed by atoms with E-state index < -0.39 is 0 Å². The predicted octanol–water partition coefficient (Wildman–Crippen LogP) is 1.56. The molecule has 1 saturated heterocycles. The molecule has 0 bridgehead atoms. The first-order valence-corrected chi connectivity index (χ1v) is 7.76. The molecule has 0 N–H and O–H groups in total. The van der Waals surface area contributed by atoms with Gasteiger partial charge in [-0.25, -0.2) is 0 Å². The number of benzene rings is 1. The summed E-state index contributed by atoms with van der Waals surface area (Å²) >= 11 is 0. The maximum absolute atomic E-state index is 12.7. The van der Waals surface area contributed by atoms with Gasteiger partial charge >= 0.3 is 0 Å². The van der Waals surface area contributed by atoms with Gasteiger partial charge in [-0.3, -0.25) is 9.59 Å². The zero-order valence-electron chi connectivity index (χ0n) is 13.1. The number of amides is 2. The van der Waals surface area contributed by atoms with E-state index >= 15 is 0 Å². The van der Waals surface area contributed by atoms with E-state index in [-0.39, 0.29) is 36.7 Å². The third-order valence-electron chi connectivity index (χ3n) is 4.36. The van der Waals surface area contributed by atoms with Gasteiger partial charge in [0, 0.05) is 19.0 Å². The summed E-state index contributed by atoms with van der Waals surface area (Å²) in [6.07, 6.45) is 2.08. The summed E-state index contributed by atoms with van der Waals surface area (Å²) in [6.45, 7) is 0.440. The molecule has 0 unspecified atom stereocenters. The third-order valence-corrected chi connectivity index (χ3v) is 4.36. The molecule has 0 radical (unpaired) electrons. The predicted molar refractivity (Wildman–Crippen MR) is 83.8 cm³/mol. The molecule has 0 spiro atoms. The largest absolute Gasteiger partial charge is 0.495 e. The van der Waals surface area contributed by atoms with Crippen molar-refractivity contribution >= 4 is 17.5 Å². The van der Waals surface area contributed by atoms with E-state index in [1.807, 2.05) is 18.2 Å². The van der Waals surface area contributed by atoms with Gasteiger partial charge in [0.05, 0.1) is 24.8 Å². The lowest BCUT2D eigenvalue weighted by Gasteiger charge is -2.23. The van der Waals surface area contributed by atoms with Crippen LogP contribution in [-0.4, -0.2) is 43.0 Å². The Morgan fingerprint density at radius 2 is 2.17 bits per heavy atom. The van der Waals surface area contributed by atoms with Crippen LogP contribution in [0.4, 0.5) is 5.69 Å². The Labute approximate surface area is 135 Å². The average Bonchev–Trinajstić information content (AvgIpc) is 3.34. The lowest BCUT2D eigenvalue weighted by Crippen LogP contribution is -2.39. The molecule has 1 aliphatic carbocycles. The highest BCUT2D eigenvalue weighted by atomic mass is 16.5. The molecule has 1 aliphatic heterocycles. The summed E-state index contributed by atoms with van der Waals surface area (Å²) in [7, 11) is 1.56. The first kappa shape index (κ1) is 15.3. The molecule has 2 fully saturated rings. The minimum absolute atomic E-state index is 0.0828. The molecule has 2 aliphatic rings. The van der Waals surface area contributed by atoms with Crippen LogP contribution in [-0.2, 0) is 9.59 Å². The number of hydrogen-bond donors (Lipinski definition) is 0. The first-order chi connectivity index (χ1) is 11.2. The molecular weight excluding hydrogens is 294 g/mol. The Balaban J connectivity index is 1.77. The lowest BCUT2D eigenvalue weighted by molar-refractivity contribution is -0.135. The van der Waals surface area contributed by atoms with Crippen molar-refractivity contribution in [2.75, 3.05) is 25.1 Å². The van der Waals surface area contributed by atoms with Gasteiger partial charge in [0.2, 0.25) is 11.8 Å². The van der Waals surface area contributed by atoms with E-state index in [0.29, 0.717) is 18.0 Å². The SMILES string of the molecule is COc1ccccc1N1C[C@@H](C(=O)N(CC#N)C2CC2)CC1=O. The lowest BCUT2D eigenvalue weighted by atomic mass is 10.1. The summed E-state index contributed by atoms with van der Waals surface area (Å²) in [6, 6.07) is 9.52. The minimum Gasteiger partial charge on any atom is -0.495 e. The molecule has 23 heavy (non-hydrogen) atoms. The Bertz CT molecular complexity index is 663. The van der Waals surface area contributed by atoms with Crippen LogP contribution in [0.2, 0.25) is 0 Å². The second-order valence-corrected chi connectivity index (χ2v) is 5.93. The second kappa shape index (κ2) is 6.29. The fraction of sp³-hybridized carbons (Fsp3) is 0.471. The minimum atomic E-state index is -0.388. The van der Waals surface area contributed by atoms with Crippen molar-refractivity contribution in [1.82, 2.24) is 4.90 Å². The fourth-order valence-electron chi connectivity index (χ4n) is 3.04. The molecule has 6 heteroatoms. The zero-order chi connectivity index (χ0) is 16.4. The van der Waals surface area contributed by atoms with Gasteiger partial charge in [-0.15, -0.1) is 0 Å². The van der Waals surface area contributed by atoms with Gasteiger partial charge in [0.1, 0.15) is 12.3 Å². The number of hydrogen-bond acceptors (Lipinski definition) is 4. The first-order valence-electron chi connectivity index (χ1n) is 7.76.